The first kappa shape index (κ1) is 22.0. The second kappa shape index (κ2) is 8.72. The van der Waals surface area contributed by atoms with Crippen molar-refractivity contribution in [2.45, 2.75) is 25.0 Å². The molecule has 1 N–H and O–H groups in total. The van der Waals surface area contributed by atoms with Gasteiger partial charge in [-0.3, -0.25) is 9.59 Å². The molecule has 1 unspecified atom stereocenters. The molecular formula is C24H20F3NO4. The molecule has 4 rings (SSSR count). The normalized spacial score (nSPS) is 18.1. The number of nitrogens with zero attached hydrogens (tertiary/aromatic N) is 1. The van der Waals surface area contributed by atoms with Crippen LogP contribution in [0.25, 0.3) is 0 Å². The molecule has 2 heterocycles. The molecule has 0 amide bonds. The molecule has 1 atom stereocenters. The van der Waals surface area contributed by atoms with Gasteiger partial charge in [-0.1, -0.05) is 24.3 Å². The Morgan fingerprint density at radius 2 is 1.75 bits per heavy atom. The minimum absolute atomic E-state index is 0.208. The smallest absolute Gasteiger partial charge is 0.251 e. The van der Waals surface area contributed by atoms with Gasteiger partial charge in [-0.25, -0.2) is 13.2 Å². The van der Waals surface area contributed by atoms with Crippen LogP contribution in [0.1, 0.15) is 39.9 Å². The Kier molecular flexibility index (Phi) is 5.99. The third-order valence-electron chi connectivity index (χ3n) is 5.67. The summed E-state index contributed by atoms with van der Waals surface area (Å²) in [6.45, 7) is -0.128. The molecule has 1 aromatic heterocycles. The van der Waals surface area contributed by atoms with Gasteiger partial charge in [-0.05, 0) is 30.0 Å². The molecule has 0 aliphatic carbocycles. The first-order valence-electron chi connectivity index (χ1n) is 10.1. The van der Waals surface area contributed by atoms with E-state index in [1.807, 2.05) is 0 Å². The zero-order chi connectivity index (χ0) is 22.9. The highest BCUT2D eigenvalue weighted by Gasteiger charge is 2.43. The number of carbonyl (C=O) groups is 1. The maximum atomic E-state index is 14.6. The van der Waals surface area contributed by atoms with E-state index in [-0.39, 0.29) is 19.6 Å². The average Bonchev–Trinajstić information content (AvgIpc) is 3.25. The van der Waals surface area contributed by atoms with E-state index < -0.39 is 46.6 Å². The van der Waals surface area contributed by atoms with E-state index in [0.29, 0.717) is 29.7 Å². The van der Waals surface area contributed by atoms with Crippen molar-refractivity contribution in [3.63, 3.8) is 0 Å². The maximum Gasteiger partial charge on any atom is 0.251 e. The highest BCUT2D eigenvalue weighted by Crippen LogP contribution is 2.44. The summed E-state index contributed by atoms with van der Waals surface area (Å²) >= 11 is 0. The number of halogens is 3. The van der Waals surface area contributed by atoms with Crippen molar-refractivity contribution in [3.8, 4) is 0 Å². The Morgan fingerprint density at radius 3 is 2.31 bits per heavy atom. The molecule has 0 spiro atoms. The maximum absolute atomic E-state index is 14.6. The number of aliphatic hydroxyl groups excluding tert-OH is 1. The number of hydrogen-bond acceptors (Lipinski definition) is 4. The van der Waals surface area contributed by atoms with Gasteiger partial charge in [0.25, 0.3) is 5.56 Å². The van der Waals surface area contributed by atoms with Crippen LogP contribution in [-0.2, 0) is 16.9 Å². The van der Waals surface area contributed by atoms with E-state index in [1.165, 1.54) is 16.8 Å². The fourth-order valence-electron chi connectivity index (χ4n) is 4.11. The predicted octanol–water partition coefficient (Wildman–Crippen LogP) is 3.54. The number of ketones is 1. The molecule has 32 heavy (non-hydrogen) atoms. The Balaban J connectivity index is 1.68. The van der Waals surface area contributed by atoms with Gasteiger partial charge in [0, 0.05) is 36.6 Å². The summed E-state index contributed by atoms with van der Waals surface area (Å²) in [5, 5.41) is 8.93. The van der Waals surface area contributed by atoms with Crippen LogP contribution in [0.15, 0.2) is 59.5 Å². The fraction of sp³-hybridized carbons (Fsp3) is 0.250. The van der Waals surface area contributed by atoms with Crippen molar-refractivity contribution >= 4 is 5.78 Å². The summed E-state index contributed by atoms with van der Waals surface area (Å²) in [5.74, 6) is -3.56. The van der Waals surface area contributed by atoms with Crippen LogP contribution in [0.5, 0.6) is 0 Å². The molecule has 0 bridgehead atoms. The molecule has 0 saturated carbocycles. The van der Waals surface area contributed by atoms with Gasteiger partial charge in [0.1, 0.15) is 29.7 Å². The summed E-state index contributed by atoms with van der Waals surface area (Å²) in [4.78, 5) is 24.3. The van der Waals surface area contributed by atoms with Crippen molar-refractivity contribution in [2.75, 3.05) is 13.2 Å². The number of benzene rings is 2. The first-order chi connectivity index (χ1) is 15.3. The lowest BCUT2D eigenvalue weighted by atomic mass is 9.83. The molecule has 5 nitrogen and oxygen atoms in total. The molecule has 166 valence electrons. The third kappa shape index (κ3) is 3.99. The van der Waals surface area contributed by atoms with Gasteiger partial charge in [0.05, 0.1) is 12.1 Å². The van der Waals surface area contributed by atoms with Gasteiger partial charge in [-0.2, -0.15) is 0 Å². The number of aromatic nitrogens is 1. The summed E-state index contributed by atoms with van der Waals surface area (Å²) in [5.41, 5.74) is -0.913. The van der Waals surface area contributed by atoms with Crippen LogP contribution >= 0.6 is 0 Å². The summed E-state index contributed by atoms with van der Waals surface area (Å²) < 4.78 is 49.8. The number of pyridine rings is 1. The lowest BCUT2D eigenvalue weighted by Crippen LogP contribution is -2.32. The molecule has 8 heteroatoms. The van der Waals surface area contributed by atoms with E-state index in [4.69, 9.17) is 9.84 Å². The monoisotopic (exact) mass is 443 g/mol. The zero-order valence-corrected chi connectivity index (χ0v) is 17.0. The summed E-state index contributed by atoms with van der Waals surface area (Å²) in [7, 11) is 0. The minimum Gasteiger partial charge on any atom is -0.388 e. The van der Waals surface area contributed by atoms with Crippen molar-refractivity contribution in [3.05, 3.63) is 105 Å². The van der Waals surface area contributed by atoms with Crippen LogP contribution in [-0.4, -0.2) is 28.7 Å². The third-order valence-corrected chi connectivity index (χ3v) is 5.67. The lowest BCUT2D eigenvalue weighted by molar-refractivity contribution is 0.0296. The number of hydrogen-bond donors (Lipinski definition) is 1. The number of carbonyl (C=O) groups excluding carboxylic acids is 1. The van der Waals surface area contributed by atoms with E-state index >= 15 is 0 Å². The lowest BCUT2D eigenvalue weighted by Gasteiger charge is -2.30. The molecule has 2 aromatic carbocycles. The first-order valence-corrected chi connectivity index (χ1v) is 10.1. The highest BCUT2D eigenvalue weighted by atomic mass is 19.1. The van der Waals surface area contributed by atoms with Crippen molar-refractivity contribution < 1.29 is 27.8 Å². The molecule has 1 aliphatic heterocycles. The van der Waals surface area contributed by atoms with Crippen molar-refractivity contribution in [1.29, 1.82) is 0 Å². The SMILES string of the molecule is O=C(CO)c1ccc(Cn2ccc(C3(c4c(F)cc(F)cc4F)CCCO3)cc2=O)cc1. The van der Waals surface area contributed by atoms with E-state index in [1.54, 1.807) is 30.3 Å². The van der Waals surface area contributed by atoms with E-state index in [0.717, 1.165) is 5.56 Å². The second-order valence-electron chi connectivity index (χ2n) is 7.68. The number of ether oxygens (including phenoxy) is 1. The van der Waals surface area contributed by atoms with Gasteiger partial charge in [-0.15, -0.1) is 0 Å². The largest absolute Gasteiger partial charge is 0.388 e. The molecule has 1 aliphatic rings. The number of aliphatic hydroxyl groups is 1. The Hall–Kier alpha value is -3.23. The highest BCUT2D eigenvalue weighted by molar-refractivity contribution is 5.96. The zero-order valence-electron chi connectivity index (χ0n) is 17.0. The number of rotatable bonds is 6. The van der Waals surface area contributed by atoms with Gasteiger partial charge >= 0.3 is 0 Å². The topological polar surface area (TPSA) is 68.5 Å². The van der Waals surface area contributed by atoms with Gasteiger partial charge in [0.2, 0.25) is 0 Å². The van der Waals surface area contributed by atoms with Crippen LogP contribution in [0.2, 0.25) is 0 Å². The second-order valence-corrected chi connectivity index (χ2v) is 7.68. The van der Waals surface area contributed by atoms with Gasteiger partial charge in [0.15, 0.2) is 5.78 Å². The van der Waals surface area contributed by atoms with E-state index in [9.17, 15) is 22.8 Å². The van der Waals surface area contributed by atoms with E-state index in [2.05, 4.69) is 0 Å². The van der Waals surface area contributed by atoms with Crippen LogP contribution < -0.4 is 5.56 Å². The summed E-state index contributed by atoms with van der Waals surface area (Å²) in [6.07, 6.45) is 2.28. The quantitative estimate of drug-likeness (QED) is 0.592. The minimum atomic E-state index is -1.51. The standard InChI is InChI=1S/C24H20F3NO4/c25-18-11-19(26)23(20(27)12-18)24(7-1-9-32-24)17-6-8-28(22(31)10-17)13-15-2-4-16(5-3-15)21(30)14-29/h2-6,8,10-12,29H,1,7,9,13-14H2. The Bertz CT molecular complexity index is 1190. The molecular weight excluding hydrogens is 423 g/mol. The Morgan fingerprint density at radius 1 is 1.06 bits per heavy atom. The van der Waals surface area contributed by atoms with Crippen molar-refractivity contribution in [1.82, 2.24) is 4.57 Å². The summed E-state index contributed by atoms with van der Waals surface area (Å²) in [6, 6.07) is 10.5. The van der Waals surface area contributed by atoms with Crippen LogP contribution in [0.4, 0.5) is 13.2 Å². The molecule has 1 saturated heterocycles. The van der Waals surface area contributed by atoms with Crippen molar-refractivity contribution in [2.24, 2.45) is 0 Å². The predicted molar refractivity (Wildman–Crippen MR) is 110 cm³/mol. The molecule has 3 aromatic rings. The number of Topliss-reactive ketones (excluding diaryl/α,β-unsaturated/α-hetero) is 1. The fourth-order valence-corrected chi connectivity index (χ4v) is 4.11. The van der Waals surface area contributed by atoms with Gasteiger partial charge < -0.3 is 14.4 Å². The molecule has 0 radical (unpaired) electrons. The molecule has 1 fully saturated rings. The van der Waals surface area contributed by atoms with Crippen LogP contribution in [0, 0.1) is 17.5 Å². The Labute approximate surface area is 181 Å². The average molecular weight is 443 g/mol. The van der Waals surface area contributed by atoms with Crippen LogP contribution in [0.3, 0.4) is 0 Å².